The fourth-order valence-corrected chi connectivity index (χ4v) is 3.06. The molecule has 4 N–H and O–H groups in total. The maximum absolute atomic E-state index is 12.2. The Morgan fingerprint density at radius 3 is 2.43 bits per heavy atom. The van der Waals surface area contributed by atoms with Crippen LogP contribution in [-0.2, 0) is 14.8 Å². The molecule has 1 aliphatic carbocycles. The minimum atomic E-state index is -3.33. The van der Waals surface area contributed by atoms with Gasteiger partial charge in [0, 0.05) is 17.6 Å². The molecule has 1 amide bonds. The zero-order valence-electron chi connectivity index (χ0n) is 12.0. The maximum Gasteiger partial charge on any atom is 0.229 e. The van der Waals surface area contributed by atoms with Crippen molar-refractivity contribution < 1.29 is 13.2 Å². The van der Waals surface area contributed by atoms with Crippen LogP contribution < -0.4 is 15.8 Å². The molecule has 0 unspecified atom stereocenters. The highest BCUT2D eigenvalue weighted by molar-refractivity contribution is 7.92. The molecule has 0 aliphatic heterocycles. The van der Waals surface area contributed by atoms with E-state index >= 15 is 0 Å². The Morgan fingerprint density at radius 1 is 1.19 bits per heavy atom. The molecule has 6 nitrogen and oxygen atoms in total. The van der Waals surface area contributed by atoms with Crippen molar-refractivity contribution in [2.24, 2.45) is 11.7 Å². The number of anilines is 2. The highest BCUT2D eigenvalue weighted by atomic mass is 32.2. The van der Waals surface area contributed by atoms with Crippen molar-refractivity contribution in [3.8, 4) is 0 Å². The molecule has 1 saturated carbocycles. The summed E-state index contributed by atoms with van der Waals surface area (Å²) in [5, 5.41) is 2.84. The van der Waals surface area contributed by atoms with Crippen LogP contribution in [0.25, 0.3) is 0 Å². The number of nitrogens with two attached hydrogens (primary N) is 1. The minimum Gasteiger partial charge on any atom is -0.328 e. The maximum atomic E-state index is 12.2. The average molecular weight is 311 g/mol. The predicted octanol–water partition coefficient (Wildman–Crippen LogP) is 1.51. The molecule has 0 heterocycles. The van der Waals surface area contributed by atoms with Gasteiger partial charge in [-0.05, 0) is 43.9 Å². The van der Waals surface area contributed by atoms with Crippen LogP contribution in [0.1, 0.15) is 25.7 Å². The zero-order valence-corrected chi connectivity index (χ0v) is 12.8. The number of amides is 1. The van der Waals surface area contributed by atoms with Crippen molar-refractivity contribution in [3.63, 3.8) is 0 Å². The van der Waals surface area contributed by atoms with Gasteiger partial charge in [-0.15, -0.1) is 0 Å². The van der Waals surface area contributed by atoms with E-state index in [1.165, 1.54) is 0 Å². The molecule has 0 bridgehead atoms. The third-order valence-electron chi connectivity index (χ3n) is 3.58. The van der Waals surface area contributed by atoms with Crippen LogP contribution in [0.2, 0.25) is 0 Å². The summed E-state index contributed by atoms with van der Waals surface area (Å²) in [6.45, 7) is 0. The predicted molar refractivity (Wildman–Crippen MR) is 83.5 cm³/mol. The second kappa shape index (κ2) is 6.44. The summed E-state index contributed by atoms with van der Waals surface area (Å²) in [4.78, 5) is 12.2. The summed E-state index contributed by atoms with van der Waals surface area (Å²) in [7, 11) is -3.33. The molecule has 1 aromatic rings. The van der Waals surface area contributed by atoms with Crippen LogP contribution in [0.15, 0.2) is 24.3 Å². The van der Waals surface area contributed by atoms with Crippen LogP contribution in [0.3, 0.4) is 0 Å². The molecule has 1 aliphatic rings. The Labute approximate surface area is 125 Å². The van der Waals surface area contributed by atoms with E-state index < -0.39 is 10.0 Å². The van der Waals surface area contributed by atoms with E-state index in [-0.39, 0.29) is 17.9 Å². The standard InChI is InChI=1S/C14H21N3O3S/c1-21(19,20)17-13-4-2-3-12(9-13)16-14(18)10-5-7-11(15)8-6-10/h2-4,9-11,17H,5-8,15H2,1H3,(H,16,18). The number of nitrogens with one attached hydrogen (secondary N) is 2. The molecule has 0 atom stereocenters. The minimum absolute atomic E-state index is 0.0173. The van der Waals surface area contributed by atoms with Crippen molar-refractivity contribution >= 4 is 27.3 Å². The van der Waals surface area contributed by atoms with Crippen molar-refractivity contribution in [2.75, 3.05) is 16.3 Å². The first-order valence-corrected chi connectivity index (χ1v) is 8.87. The molecular formula is C14H21N3O3S. The monoisotopic (exact) mass is 311 g/mol. The number of hydrogen-bond acceptors (Lipinski definition) is 4. The van der Waals surface area contributed by atoms with E-state index in [1.54, 1.807) is 24.3 Å². The van der Waals surface area contributed by atoms with Crippen LogP contribution in [-0.4, -0.2) is 26.6 Å². The van der Waals surface area contributed by atoms with Gasteiger partial charge in [0.05, 0.1) is 11.9 Å². The van der Waals surface area contributed by atoms with Crippen molar-refractivity contribution in [1.29, 1.82) is 0 Å². The molecule has 0 saturated heterocycles. The second-order valence-electron chi connectivity index (χ2n) is 5.56. The largest absolute Gasteiger partial charge is 0.328 e. The van der Waals surface area contributed by atoms with Crippen molar-refractivity contribution in [3.05, 3.63) is 24.3 Å². The molecular weight excluding hydrogens is 290 g/mol. The van der Waals surface area contributed by atoms with E-state index in [0.29, 0.717) is 11.4 Å². The van der Waals surface area contributed by atoms with Gasteiger partial charge >= 0.3 is 0 Å². The number of sulfonamides is 1. The quantitative estimate of drug-likeness (QED) is 0.784. The van der Waals surface area contributed by atoms with Gasteiger partial charge in [-0.2, -0.15) is 0 Å². The van der Waals surface area contributed by atoms with Gasteiger partial charge in [0.15, 0.2) is 0 Å². The van der Waals surface area contributed by atoms with Crippen LogP contribution in [0, 0.1) is 5.92 Å². The number of hydrogen-bond donors (Lipinski definition) is 3. The van der Waals surface area contributed by atoms with Gasteiger partial charge in [0.25, 0.3) is 0 Å². The Hall–Kier alpha value is -1.60. The van der Waals surface area contributed by atoms with E-state index in [1.807, 2.05) is 0 Å². The second-order valence-corrected chi connectivity index (χ2v) is 7.30. The fourth-order valence-electron chi connectivity index (χ4n) is 2.50. The summed E-state index contributed by atoms with van der Waals surface area (Å²) in [5.41, 5.74) is 6.85. The fraction of sp³-hybridized carbons (Fsp3) is 0.500. The molecule has 7 heteroatoms. The third-order valence-corrected chi connectivity index (χ3v) is 4.18. The Morgan fingerprint density at radius 2 is 1.81 bits per heavy atom. The Kier molecular flexibility index (Phi) is 4.84. The molecule has 0 spiro atoms. The molecule has 1 aromatic carbocycles. The van der Waals surface area contributed by atoms with Crippen LogP contribution >= 0.6 is 0 Å². The Balaban J connectivity index is 1.99. The first-order valence-electron chi connectivity index (χ1n) is 6.98. The summed E-state index contributed by atoms with van der Waals surface area (Å²) >= 11 is 0. The number of benzene rings is 1. The lowest BCUT2D eigenvalue weighted by Crippen LogP contribution is -2.32. The summed E-state index contributed by atoms with van der Waals surface area (Å²) in [6.07, 6.45) is 4.42. The topological polar surface area (TPSA) is 101 Å². The molecule has 0 radical (unpaired) electrons. The van der Waals surface area contributed by atoms with Gasteiger partial charge in [0.2, 0.25) is 15.9 Å². The number of rotatable bonds is 4. The van der Waals surface area contributed by atoms with Gasteiger partial charge in [-0.3, -0.25) is 9.52 Å². The summed E-state index contributed by atoms with van der Waals surface area (Å²) < 4.78 is 24.8. The average Bonchev–Trinajstić information content (AvgIpc) is 2.37. The van der Waals surface area contributed by atoms with E-state index in [0.717, 1.165) is 31.9 Å². The van der Waals surface area contributed by atoms with E-state index in [9.17, 15) is 13.2 Å². The first-order chi connectivity index (χ1) is 9.83. The molecule has 1 fully saturated rings. The van der Waals surface area contributed by atoms with Gasteiger partial charge in [0.1, 0.15) is 0 Å². The van der Waals surface area contributed by atoms with E-state index in [2.05, 4.69) is 10.0 Å². The van der Waals surface area contributed by atoms with Crippen molar-refractivity contribution in [1.82, 2.24) is 0 Å². The van der Waals surface area contributed by atoms with Crippen LogP contribution in [0.4, 0.5) is 11.4 Å². The summed E-state index contributed by atoms with van der Waals surface area (Å²) in [5.74, 6) is -0.0465. The zero-order chi connectivity index (χ0) is 15.5. The lowest BCUT2D eigenvalue weighted by Gasteiger charge is -2.25. The highest BCUT2D eigenvalue weighted by Gasteiger charge is 2.24. The lowest BCUT2D eigenvalue weighted by molar-refractivity contribution is -0.120. The number of carbonyl (C=O) groups excluding carboxylic acids is 1. The van der Waals surface area contributed by atoms with Crippen molar-refractivity contribution in [2.45, 2.75) is 31.7 Å². The van der Waals surface area contributed by atoms with Gasteiger partial charge in [-0.1, -0.05) is 6.07 Å². The highest BCUT2D eigenvalue weighted by Crippen LogP contribution is 2.25. The van der Waals surface area contributed by atoms with Gasteiger partial charge in [-0.25, -0.2) is 8.42 Å². The Bertz CT molecular complexity index is 608. The smallest absolute Gasteiger partial charge is 0.229 e. The molecule has 116 valence electrons. The normalized spacial score (nSPS) is 22.6. The SMILES string of the molecule is CS(=O)(=O)Nc1cccc(NC(=O)C2CCC(N)CC2)c1. The molecule has 0 aromatic heterocycles. The molecule has 21 heavy (non-hydrogen) atoms. The first kappa shape index (κ1) is 15.8. The lowest BCUT2D eigenvalue weighted by atomic mass is 9.86. The molecule has 2 rings (SSSR count). The summed E-state index contributed by atoms with van der Waals surface area (Å²) in [6, 6.07) is 6.88. The van der Waals surface area contributed by atoms with Crippen LogP contribution in [0.5, 0.6) is 0 Å². The third kappa shape index (κ3) is 5.02. The van der Waals surface area contributed by atoms with Gasteiger partial charge < -0.3 is 11.1 Å². The number of carbonyl (C=O) groups is 1. The van der Waals surface area contributed by atoms with E-state index in [4.69, 9.17) is 5.73 Å².